The van der Waals surface area contributed by atoms with Crippen molar-refractivity contribution in [2.24, 2.45) is 17.8 Å². The number of hydrogen-bond acceptors (Lipinski definition) is 3. The topological polar surface area (TPSA) is 58.6 Å². The van der Waals surface area contributed by atoms with Crippen LogP contribution in [0.3, 0.4) is 0 Å². The van der Waals surface area contributed by atoms with Gasteiger partial charge in [-0.15, -0.1) is 0 Å². The fraction of sp³-hybridized carbons (Fsp3) is 0.875. The third-order valence-electron chi connectivity index (χ3n) is 5.23. The van der Waals surface area contributed by atoms with Crippen molar-refractivity contribution in [2.75, 3.05) is 7.11 Å². The molecule has 1 aliphatic carbocycles. The van der Waals surface area contributed by atoms with Gasteiger partial charge in [0.25, 0.3) is 0 Å². The quantitative estimate of drug-likeness (QED) is 0.866. The summed E-state index contributed by atoms with van der Waals surface area (Å²) in [4.78, 5) is 26.5. The molecule has 5 nitrogen and oxygen atoms in total. The number of fused-ring (bicyclic) bond motifs is 2. The number of likely N-dealkylation sites (tertiary alicyclic amines) is 1. The number of piperidine rings is 1. The lowest BCUT2D eigenvalue weighted by Crippen LogP contribution is -2.56. The second kappa shape index (κ2) is 6.24. The Morgan fingerprint density at radius 2 is 2.00 bits per heavy atom. The van der Waals surface area contributed by atoms with Crippen LogP contribution < -0.4 is 5.32 Å². The van der Waals surface area contributed by atoms with Crippen molar-refractivity contribution in [1.82, 2.24) is 10.2 Å². The van der Waals surface area contributed by atoms with E-state index < -0.39 is 12.1 Å². The molecular formula is C16H28N2O3. The summed E-state index contributed by atoms with van der Waals surface area (Å²) in [5, 5.41) is 2.71. The van der Waals surface area contributed by atoms with E-state index in [-0.39, 0.29) is 11.8 Å². The Bertz CT molecular complexity index is 410. The summed E-state index contributed by atoms with van der Waals surface area (Å²) in [5.41, 5.74) is 0. The Morgan fingerprint density at radius 3 is 2.52 bits per heavy atom. The molecule has 120 valence electrons. The number of nitrogens with one attached hydrogen (secondary N) is 1. The van der Waals surface area contributed by atoms with E-state index in [9.17, 15) is 9.59 Å². The van der Waals surface area contributed by atoms with Crippen molar-refractivity contribution in [3.8, 4) is 0 Å². The first-order valence-electron chi connectivity index (χ1n) is 8.07. The average molecular weight is 296 g/mol. The summed E-state index contributed by atoms with van der Waals surface area (Å²) in [6.07, 6.45) is 2.66. The first kappa shape index (κ1) is 16.1. The van der Waals surface area contributed by atoms with Gasteiger partial charge in [-0.25, -0.2) is 4.79 Å². The molecule has 1 heterocycles. The van der Waals surface area contributed by atoms with Crippen LogP contribution in [0.4, 0.5) is 4.79 Å². The molecule has 2 aliphatic rings. The molecule has 5 heteroatoms. The minimum Gasteiger partial charge on any atom is -0.453 e. The number of rotatable bonds is 4. The van der Waals surface area contributed by atoms with Gasteiger partial charge in [0.1, 0.15) is 6.04 Å². The summed E-state index contributed by atoms with van der Waals surface area (Å²) in [5.74, 6) is 1.43. The molecule has 0 spiro atoms. The van der Waals surface area contributed by atoms with E-state index in [1.807, 2.05) is 13.8 Å². The molecule has 1 saturated carbocycles. The fourth-order valence-corrected chi connectivity index (χ4v) is 4.19. The Labute approximate surface area is 127 Å². The van der Waals surface area contributed by atoms with Crippen LogP contribution in [0.15, 0.2) is 0 Å². The van der Waals surface area contributed by atoms with Crippen molar-refractivity contribution < 1.29 is 14.3 Å². The van der Waals surface area contributed by atoms with E-state index in [0.717, 1.165) is 19.3 Å². The summed E-state index contributed by atoms with van der Waals surface area (Å²) < 4.78 is 4.66. The number of alkyl carbamates (subject to hydrolysis) is 1. The van der Waals surface area contributed by atoms with Crippen LogP contribution in [0.1, 0.15) is 47.0 Å². The number of carbonyl (C=O) groups excluding carboxylic acids is 2. The standard InChI is InChI=1S/C16H28N2O3/c1-6-13-12-8-11(7-10(12)4)18(13)15(19)14(9(2)3)17-16(20)21-5/h9-14H,6-8H2,1-5H3,(H,17,20)/t10-,11+,12-,13-,14+/m1/s1. The second-order valence-corrected chi connectivity index (χ2v) is 6.85. The van der Waals surface area contributed by atoms with E-state index in [1.165, 1.54) is 7.11 Å². The molecule has 5 atom stereocenters. The van der Waals surface area contributed by atoms with Gasteiger partial charge in [0, 0.05) is 12.1 Å². The molecule has 2 rings (SSSR count). The van der Waals surface area contributed by atoms with Gasteiger partial charge in [0.05, 0.1) is 7.11 Å². The monoisotopic (exact) mass is 296 g/mol. The lowest BCUT2D eigenvalue weighted by atomic mass is 9.87. The lowest BCUT2D eigenvalue weighted by molar-refractivity contribution is -0.139. The maximum absolute atomic E-state index is 13.0. The maximum Gasteiger partial charge on any atom is 0.407 e. The zero-order valence-corrected chi connectivity index (χ0v) is 13.8. The third kappa shape index (κ3) is 2.87. The number of ether oxygens (including phenoxy) is 1. The molecule has 0 aromatic rings. The molecular weight excluding hydrogens is 268 g/mol. The van der Waals surface area contributed by atoms with Crippen molar-refractivity contribution in [2.45, 2.75) is 65.1 Å². The van der Waals surface area contributed by atoms with Gasteiger partial charge in [0.2, 0.25) is 5.91 Å². The van der Waals surface area contributed by atoms with E-state index in [1.54, 1.807) is 0 Å². The normalized spacial score (nSPS) is 32.4. The fourth-order valence-electron chi connectivity index (χ4n) is 4.19. The number of nitrogens with zero attached hydrogens (tertiary/aromatic N) is 1. The molecule has 0 aromatic heterocycles. The summed E-state index contributed by atoms with van der Waals surface area (Å²) in [6.45, 7) is 8.35. The van der Waals surface area contributed by atoms with E-state index >= 15 is 0 Å². The number of amides is 2. The lowest BCUT2D eigenvalue weighted by Gasteiger charge is -2.40. The highest BCUT2D eigenvalue weighted by Crippen LogP contribution is 2.47. The predicted octanol–water partition coefficient (Wildman–Crippen LogP) is 2.40. The van der Waals surface area contributed by atoms with Gasteiger partial charge in [0.15, 0.2) is 0 Å². The van der Waals surface area contributed by atoms with Crippen LogP contribution in [0.2, 0.25) is 0 Å². The minimum atomic E-state index is -0.534. The molecule has 21 heavy (non-hydrogen) atoms. The largest absolute Gasteiger partial charge is 0.453 e. The molecule has 2 bridgehead atoms. The highest BCUT2D eigenvalue weighted by molar-refractivity contribution is 5.86. The molecule has 1 saturated heterocycles. The van der Waals surface area contributed by atoms with E-state index in [2.05, 4.69) is 28.8 Å². The highest BCUT2D eigenvalue weighted by Gasteiger charge is 2.51. The third-order valence-corrected chi connectivity index (χ3v) is 5.23. The van der Waals surface area contributed by atoms with E-state index in [0.29, 0.717) is 23.9 Å². The van der Waals surface area contributed by atoms with Crippen LogP contribution in [0, 0.1) is 17.8 Å². The van der Waals surface area contributed by atoms with Crippen molar-refractivity contribution in [3.63, 3.8) is 0 Å². The van der Waals surface area contributed by atoms with Gasteiger partial charge >= 0.3 is 6.09 Å². The summed E-state index contributed by atoms with van der Waals surface area (Å²) in [6, 6.07) is 0.177. The van der Waals surface area contributed by atoms with Gasteiger partial charge in [-0.2, -0.15) is 0 Å². The summed E-state index contributed by atoms with van der Waals surface area (Å²) >= 11 is 0. The molecule has 2 fully saturated rings. The molecule has 0 radical (unpaired) electrons. The summed E-state index contributed by atoms with van der Waals surface area (Å²) in [7, 11) is 1.32. The van der Waals surface area contributed by atoms with Crippen LogP contribution in [0.25, 0.3) is 0 Å². The molecule has 0 unspecified atom stereocenters. The van der Waals surface area contributed by atoms with Gasteiger partial charge in [-0.1, -0.05) is 27.7 Å². The van der Waals surface area contributed by atoms with E-state index in [4.69, 9.17) is 0 Å². The number of carbonyl (C=O) groups is 2. The van der Waals surface area contributed by atoms with Crippen LogP contribution in [0.5, 0.6) is 0 Å². The highest BCUT2D eigenvalue weighted by atomic mass is 16.5. The Balaban J connectivity index is 2.15. The molecule has 2 amide bonds. The molecule has 1 N–H and O–H groups in total. The molecule has 1 aliphatic heterocycles. The minimum absolute atomic E-state index is 0.0469. The van der Waals surface area contributed by atoms with Crippen molar-refractivity contribution in [3.05, 3.63) is 0 Å². The first-order valence-corrected chi connectivity index (χ1v) is 8.07. The zero-order chi connectivity index (χ0) is 15.7. The Hall–Kier alpha value is -1.26. The second-order valence-electron chi connectivity index (χ2n) is 6.85. The zero-order valence-electron chi connectivity index (χ0n) is 13.8. The Kier molecular flexibility index (Phi) is 4.79. The predicted molar refractivity (Wildman–Crippen MR) is 80.8 cm³/mol. The first-order chi connectivity index (χ1) is 9.90. The van der Waals surface area contributed by atoms with Gasteiger partial charge in [-0.05, 0) is 37.0 Å². The van der Waals surface area contributed by atoms with Crippen molar-refractivity contribution >= 4 is 12.0 Å². The van der Waals surface area contributed by atoms with Crippen LogP contribution in [-0.2, 0) is 9.53 Å². The average Bonchev–Trinajstić information content (AvgIpc) is 2.99. The smallest absolute Gasteiger partial charge is 0.407 e. The van der Waals surface area contributed by atoms with Gasteiger partial charge < -0.3 is 15.0 Å². The van der Waals surface area contributed by atoms with Crippen LogP contribution >= 0.6 is 0 Å². The maximum atomic E-state index is 13.0. The molecule has 0 aromatic carbocycles. The van der Waals surface area contributed by atoms with Crippen LogP contribution in [-0.4, -0.2) is 42.1 Å². The Morgan fingerprint density at radius 1 is 1.33 bits per heavy atom. The van der Waals surface area contributed by atoms with Gasteiger partial charge in [-0.3, -0.25) is 4.79 Å². The number of methoxy groups -OCH3 is 1. The number of hydrogen-bond donors (Lipinski definition) is 1. The van der Waals surface area contributed by atoms with Crippen molar-refractivity contribution in [1.29, 1.82) is 0 Å². The SMILES string of the molecule is CC[C@@H]1[C@@H]2C[C@H](C[C@H]2C)N1C(=O)[C@@H](NC(=O)OC)C(C)C.